The molecule has 0 bridgehead atoms. The number of piperazine rings is 1. The van der Waals surface area contributed by atoms with Crippen molar-refractivity contribution in [3.8, 4) is 0 Å². The Morgan fingerprint density at radius 1 is 1.10 bits per heavy atom. The maximum Gasteiger partial charge on any atom is 0.224 e. The number of carbonyl (C=O) groups is 2. The second-order valence-corrected chi connectivity index (χ2v) is 8.75. The van der Waals surface area contributed by atoms with Gasteiger partial charge in [-0.2, -0.15) is 0 Å². The van der Waals surface area contributed by atoms with Gasteiger partial charge in [-0.05, 0) is 43.7 Å². The Hall–Kier alpha value is -2.15. The molecule has 0 radical (unpaired) electrons. The minimum atomic E-state index is 0.0300. The van der Waals surface area contributed by atoms with Crippen LogP contribution in [0.5, 0.6) is 0 Å². The van der Waals surface area contributed by atoms with Crippen molar-refractivity contribution in [1.29, 1.82) is 0 Å². The van der Waals surface area contributed by atoms with Gasteiger partial charge in [0.15, 0.2) is 0 Å². The third-order valence-corrected chi connectivity index (χ3v) is 6.58. The minimum Gasteiger partial charge on any atom is -0.367 e. The highest BCUT2D eigenvalue weighted by Crippen LogP contribution is 2.35. The second-order valence-electron chi connectivity index (χ2n) is 8.75. The number of likely N-dealkylation sites (tertiary alicyclic amines) is 1. The fourth-order valence-corrected chi connectivity index (χ4v) is 4.70. The summed E-state index contributed by atoms with van der Waals surface area (Å²) in [6.07, 6.45) is 9.02. The zero-order chi connectivity index (χ0) is 20.2. The number of carbonyl (C=O) groups excluding carboxylic acids is 2. The van der Waals surface area contributed by atoms with Gasteiger partial charge >= 0.3 is 0 Å². The van der Waals surface area contributed by atoms with Crippen molar-refractivity contribution >= 4 is 17.5 Å². The summed E-state index contributed by atoms with van der Waals surface area (Å²) in [4.78, 5) is 35.4. The molecule has 1 N–H and O–H groups in total. The molecule has 3 aliphatic rings. The van der Waals surface area contributed by atoms with Crippen LogP contribution in [0, 0.1) is 5.92 Å². The molecule has 7 nitrogen and oxygen atoms in total. The number of anilines is 1. The zero-order valence-corrected chi connectivity index (χ0v) is 17.4. The molecule has 1 saturated carbocycles. The Morgan fingerprint density at radius 3 is 2.52 bits per heavy atom. The van der Waals surface area contributed by atoms with Gasteiger partial charge in [0.1, 0.15) is 0 Å². The summed E-state index contributed by atoms with van der Waals surface area (Å²) in [5.74, 6) is 1.10. The van der Waals surface area contributed by atoms with Crippen LogP contribution < -0.4 is 10.2 Å². The van der Waals surface area contributed by atoms with E-state index in [0.29, 0.717) is 25.0 Å². The molecule has 2 amide bonds. The predicted octanol–water partition coefficient (Wildman–Crippen LogP) is 1.50. The van der Waals surface area contributed by atoms with E-state index in [-0.39, 0.29) is 11.8 Å². The van der Waals surface area contributed by atoms with Gasteiger partial charge in [0.25, 0.3) is 0 Å². The zero-order valence-electron chi connectivity index (χ0n) is 17.4. The lowest BCUT2D eigenvalue weighted by molar-refractivity contribution is -0.132. The van der Waals surface area contributed by atoms with E-state index in [1.807, 2.05) is 17.2 Å². The Bertz CT molecular complexity index is 700. The van der Waals surface area contributed by atoms with E-state index in [9.17, 15) is 9.59 Å². The van der Waals surface area contributed by atoms with E-state index < -0.39 is 0 Å². The molecule has 2 saturated heterocycles. The molecule has 0 unspecified atom stereocenters. The summed E-state index contributed by atoms with van der Waals surface area (Å²) in [6, 6.07) is 4.73. The number of rotatable bonds is 7. The first-order chi connectivity index (χ1) is 14.1. The van der Waals surface area contributed by atoms with E-state index in [1.54, 1.807) is 13.1 Å². The lowest BCUT2D eigenvalue weighted by Crippen LogP contribution is -2.50. The maximum absolute atomic E-state index is 13.0. The smallest absolute Gasteiger partial charge is 0.224 e. The summed E-state index contributed by atoms with van der Waals surface area (Å²) in [5.41, 5.74) is 1.13. The molecule has 7 heteroatoms. The van der Waals surface area contributed by atoms with Gasteiger partial charge in [0.05, 0.1) is 11.9 Å². The lowest BCUT2D eigenvalue weighted by Gasteiger charge is -2.37. The minimum absolute atomic E-state index is 0.0300. The van der Waals surface area contributed by atoms with Crippen LogP contribution in [-0.2, 0) is 9.59 Å². The van der Waals surface area contributed by atoms with Crippen LogP contribution >= 0.6 is 0 Å². The van der Waals surface area contributed by atoms with Crippen LogP contribution in [0.4, 0.5) is 5.69 Å². The Kier molecular flexibility index (Phi) is 6.33. The molecule has 2 aliphatic heterocycles. The topological polar surface area (TPSA) is 68.8 Å². The molecule has 1 aromatic rings. The quantitative estimate of drug-likeness (QED) is 0.753. The molecule has 1 aliphatic carbocycles. The monoisotopic (exact) mass is 399 g/mol. The third-order valence-electron chi connectivity index (χ3n) is 6.58. The fraction of sp³-hybridized carbons (Fsp3) is 0.682. The van der Waals surface area contributed by atoms with E-state index in [1.165, 1.54) is 12.8 Å². The molecule has 1 aromatic heterocycles. The Morgan fingerprint density at radius 2 is 1.86 bits per heavy atom. The van der Waals surface area contributed by atoms with E-state index >= 15 is 0 Å². The van der Waals surface area contributed by atoms with Crippen molar-refractivity contribution in [3.63, 3.8) is 0 Å². The van der Waals surface area contributed by atoms with Gasteiger partial charge in [-0.25, -0.2) is 0 Å². The molecule has 158 valence electrons. The van der Waals surface area contributed by atoms with Gasteiger partial charge in [-0.1, -0.05) is 0 Å². The highest BCUT2D eigenvalue weighted by Gasteiger charge is 2.38. The summed E-state index contributed by atoms with van der Waals surface area (Å²) in [6.45, 7) is 6.63. The summed E-state index contributed by atoms with van der Waals surface area (Å²) in [5, 5.41) is 2.98. The summed E-state index contributed by atoms with van der Waals surface area (Å²) < 4.78 is 0. The van der Waals surface area contributed by atoms with Gasteiger partial charge in [0, 0.05) is 70.9 Å². The highest BCUT2D eigenvalue weighted by molar-refractivity contribution is 5.77. The average molecular weight is 400 g/mol. The van der Waals surface area contributed by atoms with Gasteiger partial charge in [-0.15, -0.1) is 0 Å². The van der Waals surface area contributed by atoms with Crippen LogP contribution in [0.3, 0.4) is 0 Å². The van der Waals surface area contributed by atoms with E-state index in [0.717, 1.165) is 57.2 Å². The molecule has 0 aromatic carbocycles. The van der Waals surface area contributed by atoms with Crippen LogP contribution in [0.2, 0.25) is 0 Å². The number of hydrogen-bond acceptors (Lipinski definition) is 5. The maximum atomic E-state index is 13.0. The van der Waals surface area contributed by atoms with Crippen molar-refractivity contribution in [2.75, 3.05) is 44.2 Å². The van der Waals surface area contributed by atoms with Crippen LogP contribution in [0.15, 0.2) is 24.5 Å². The number of amides is 2. The van der Waals surface area contributed by atoms with E-state index in [2.05, 4.69) is 26.2 Å². The first-order valence-electron chi connectivity index (χ1n) is 11.0. The molecule has 3 heterocycles. The molecule has 3 fully saturated rings. The van der Waals surface area contributed by atoms with Crippen molar-refractivity contribution in [1.82, 2.24) is 20.1 Å². The lowest BCUT2D eigenvalue weighted by atomic mass is 10.1. The standard InChI is InChI=1S/C22H33N5O2/c1-17(28)24-15-21-7-6-19(27(21)16-18-4-5-18)13-22(29)26-11-9-25(10-12-26)20-3-2-8-23-14-20/h2-3,8,14,18-19,21H,4-7,9-13,15-16H2,1H3,(H,24,28)/t19-,21+/m1/s1. The van der Waals surface area contributed by atoms with Crippen LogP contribution in [-0.4, -0.2) is 78.0 Å². The number of nitrogens with zero attached hydrogens (tertiary/aromatic N) is 4. The normalized spacial score (nSPS) is 25.3. The SMILES string of the molecule is CC(=O)NC[C@@H]1CC[C@H](CC(=O)N2CCN(c3cccnc3)CC2)N1CC1CC1. The molecule has 2 atom stereocenters. The number of pyridine rings is 1. The Balaban J connectivity index is 1.29. The number of nitrogens with one attached hydrogen (secondary N) is 1. The predicted molar refractivity (Wildman–Crippen MR) is 113 cm³/mol. The van der Waals surface area contributed by atoms with Gasteiger partial charge in [-0.3, -0.25) is 19.5 Å². The summed E-state index contributed by atoms with van der Waals surface area (Å²) in [7, 11) is 0. The first kappa shape index (κ1) is 20.1. The first-order valence-corrected chi connectivity index (χ1v) is 11.0. The molecule has 0 spiro atoms. The molecular formula is C22H33N5O2. The number of aromatic nitrogens is 1. The van der Waals surface area contributed by atoms with Crippen molar-refractivity contribution in [2.24, 2.45) is 5.92 Å². The molecule has 4 rings (SSSR count). The Labute approximate surface area is 173 Å². The molecular weight excluding hydrogens is 366 g/mol. The van der Waals surface area contributed by atoms with Crippen molar-refractivity contribution in [2.45, 2.75) is 51.1 Å². The summed E-state index contributed by atoms with van der Waals surface area (Å²) >= 11 is 0. The highest BCUT2D eigenvalue weighted by atomic mass is 16.2. The largest absolute Gasteiger partial charge is 0.367 e. The van der Waals surface area contributed by atoms with Gasteiger partial charge < -0.3 is 15.1 Å². The van der Waals surface area contributed by atoms with Crippen LogP contribution in [0.1, 0.15) is 39.0 Å². The van der Waals surface area contributed by atoms with E-state index in [4.69, 9.17) is 0 Å². The fourth-order valence-electron chi connectivity index (χ4n) is 4.70. The third kappa shape index (κ3) is 5.26. The van der Waals surface area contributed by atoms with Gasteiger partial charge in [0.2, 0.25) is 11.8 Å². The number of hydrogen-bond donors (Lipinski definition) is 1. The molecule has 29 heavy (non-hydrogen) atoms. The van der Waals surface area contributed by atoms with Crippen molar-refractivity contribution in [3.05, 3.63) is 24.5 Å². The second kappa shape index (κ2) is 9.11. The average Bonchev–Trinajstić information content (AvgIpc) is 3.49. The van der Waals surface area contributed by atoms with Crippen molar-refractivity contribution < 1.29 is 9.59 Å². The van der Waals surface area contributed by atoms with Crippen LogP contribution in [0.25, 0.3) is 0 Å².